The third kappa shape index (κ3) is 4.47. The van der Waals surface area contributed by atoms with Gasteiger partial charge < -0.3 is 9.47 Å². The molecule has 3 aromatic rings. The van der Waals surface area contributed by atoms with E-state index in [0.29, 0.717) is 17.9 Å². The van der Waals surface area contributed by atoms with Gasteiger partial charge in [0.15, 0.2) is 5.78 Å². The molecule has 0 saturated heterocycles. The second kappa shape index (κ2) is 9.01. The van der Waals surface area contributed by atoms with Crippen molar-refractivity contribution < 1.29 is 19.1 Å². The molecule has 3 aromatic carbocycles. The highest BCUT2D eigenvalue weighted by molar-refractivity contribution is 7.99. The number of ether oxygens (including phenoxy) is 2. The topological polar surface area (TPSA) is 52.6 Å². The molecule has 1 aliphatic rings. The highest BCUT2D eigenvalue weighted by Gasteiger charge is 2.21. The quantitative estimate of drug-likeness (QED) is 0.410. The van der Waals surface area contributed by atoms with Crippen molar-refractivity contribution in [3.63, 3.8) is 0 Å². The molecule has 0 amide bonds. The van der Waals surface area contributed by atoms with Crippen LogP contribution in [-0.4, -0.2) is 24.6 Å². The van der Waals surface area contributed by atoms with Crippen LogP contribution < -0.4 is 4.74 Å². The van der Waals surface area contributed by atoms with Crippen molar-refractivity contribution in [2.24, 2.45) is 0 Å². The standard InChI is InChI=1S/C25H20O4S/c1-28-25(27)19-10-6-18(7-11-19)15-29-21-12-8-17(9-13-21)14-20-16-30-23-5-3-2-4-22(23)24(20)26/h2-14H,15-16H2,1H3/b20-14+. The predicted molar refractivity (Wildman–Crippen MR) is 118 cm³/mol. The van der Waals surface area contributed by atoms with Crippen molar-refractivity contribution in [2.45, 2.75) is 11.5 Å². The lowest BCUT2D eigenvalue weighted by atomic mass is 10.0. The van der Waals surface area contributed by atoms with Crippen molar-refractivity contribution in [2.75, 3.05) is 12.9 Å². The first kappa shape index (κ1) is 20.0. The molecule has 5 heteroatoms. The van der Waals surface area contributed by atoms with E-state index in [1.807, 2.05) is 66.7 Å². The number of esters is 1. The molecule has 0 aliphatic carbocycles. The van der Waals surface area contributed by atoms with Crippen LogP contribution in [0.3, 0.4) is 0 Å². The molecular formula is C25H20O4S. The zero-order chi connectivity index (χ0) is 20.9. The number of ketones is 1. The predicted octanol–water partition coefficient (Wildman–Crippen LogP) is 5.42. The molecule has 0 N–H and O–H groups in total. The first-order valence-corrected chi connectivity index (χ1v) is 10.5. The summed E-state index contributed by atoms with van der Waals surface area (Å²) in [5.41, 5.74) is 4.01. The normalized spacial score (nSPS) is 14.3. The van der Waals surface area contributed by atoms with Crippen molar-refractivity contribution in [1.82, 2.24) is 0 Å². The van der Waals surface area contributed by atoms with Crippen LogP contribution in [0.25, 0.3) is 6.08 Å². The van der Waals surface area contributed by atoms with Crippen LogP contribution in [0, 0.1) is 0 Å². The smallest absolute Gasteiger partial charge is 0.337 e. The summed E-state index contributed by atoms with van der Waals surface area (Å²) in [4.78, 5) is 25.2. The monoisotopic (exact) mass is 416 g/mol. The SMILES string of the molecule is COC(=O)c1ccc(COc2ccc(/C=C3\CSc4ccccc4C3=O)cc2)cc1. The fourth-order valence-corrected chi connectivity index (χ4v) is 4.18. The van der Waals surface area contributed by atoms with Gasteiger partial charge in [-0.3, -0.25) is 4.79 Å². The van der Waals surface area contributed by atoms with E-state index in [0.717, 1.165) is 32.9 Å². The van der Waals surface area contributed by atoms with Gasteiger partial charge >= 0.3 is 5.97 Å². The Bertz CT molecular complexity index is 1100. The number of hydrogen-bond donors (Lipinski definition) is 0. The first-order chi connectivity index (χ1) is 14.6. The molecule has 4 nitrogen and oxygen atoms in total. The van der Waals surface area contributed by atoms with Crippen LogP contribution in [-0.2, 0) is 11.3 Å². The van der Waals surface area contributed by atoms with Gasteiger partial charge in [0.2, 0.25) is 0 Å². The van der Waals surface area contributed by atoms with Gasteiger partial charge in [0.1, 0.15) is 12.4 Å². The number of thioether (sulfide) groups is 1. The maximum atomic E-state index is 12.7. The van der Waals surface area contributed by atoms with E-state index in [1.165, 1.54) is 7.11 Å². The maximum absolute atomic E-state index is 12.7. The van der Waals surface area contributed by atoms with E-state index in [4.69, 9.17) is 9.47 Å². The summed E-state index contributed by atoms with van der Waals surface area (Å²) in [6.45, 7) is 0.397. The molecule has 1 aliphatic heterocycles. The van der Waals surface area contributed by atoms with E-state index in [9.17, 15) is 9.59 Å². The van der Waals surface area contributed by atoms with Crippen LogP contribution >= 0.6 is 11.8 Å². The van der Waals surface area contributed by atoms with E-state index < -0.39 is 0 Å². The average Bonchev–Trinajstić information content (AvgIpc) is 2.80. The summed E-state index contributed by atoms with van der Waals surface area (Å²) < 4.78 is 10.5. The minimum atomic E-state index is -0.356. The van der Waals surface area contributed by atoms with Crippen LogP contribution in [0.4, 0.5) is 0 Å². The molecule has 0 unspecified atom stereocenters. The van der Waals surface area contributed by atoms with E-state index in [2.05, 4.69) is 0 Å². The second-order valence-corrected chi connectivity index (χ2v) is 7.85. The van der Waals surface area contributed by atoms with E-state index in [1.54, 1.807) is 23.9 Å². The number of fused-ring (bicyclic) bond motifs is 1. The molecule has 0 atom stereocenters. The van der Waals surface area contributed by atoms with Gasteiger partial charge in [0.25, 0.3) is 0 Å². The average molecular weight is 416 g/mol. The van der Waals surface area contributed by atoms with Gasteiger partial charge in [-0.05, 0) is 53.6 Å². The zero-order valence-corrected chi connectivity index (χ0v) is 17.3. The van der Waals surface area contributed by atoms with Crippen molar-refractivity contribution in [3.8, 4) is 5.75 Å². The Morgan fingerprint density at radius 3 is 2.47 bits per heavy atom. The fraction of sp³-hybridized carbons (Fsp3) is 0.120. The highest BCUT2D eigenvalue weighted by atomic mass is 32.2. The lowest BCUT2D eigenvalue weighted by molar-refractivity contribution is 0.0600. The number of benzene rings is 3. The Labute approximate surface area is 179 Å². The summed E-state index contributed by atoms with van der Waals surface area (Å²) in [6.07, 6.45) is 1.95. The molecular weight excluding hydrogens is 396 g/mol. The Morgan fingerprint density at radius 2 is 1.73 bits per heavy atom. The van der Waals surface area contributed by atoms with Crippen LogP contribution in [0.1, 0.15) is 31.8 Å². The van der Waals surface area contributed by atoms with Gasteiger partial charge in [-0.2, -0.15) is 0 Å². The minimum absolute atomic E-state index is 0.0973. The summed E-state index contributed by atoms with van der Waals surface area (Å²) >= 11 is 1.69. The second-order valence-electron chi connectivity index (χ2n) is 6.83. The summed E-state index contributed by atoms with van der Waals surface area (Å²) in [5, 5.41) is 0. The lowest BCUT2D eigenvalue weighted by Gasteiger charge is -2.16. The Balaban J connectivity index is 1.39. The number of methoxy groups -OCH3 is 1. The molecule has 150 valence electrons. The third-order valence-electron chi connectivity index (χ3n) is 4.81. The van der Waals surface area contributed by atoms with Gasteiger partial charge in [0, 0.05) is 21.8 Å². The maximum Gasteiger partial charge on any atom is 0.337 e. The van der Waals surface area contributed by atoms with E-state index in [-0.39, 0.29) is 11.8 Å². The minimum Gasteiger partial charge on any atom is -0.489 e. The van der Waals surface area contributed by atoms with Crippen LogP contribution in [0.15, 0.2) is 83.3 Å². The van der Waals surface area contributed by atoms with Crippen LogP contribution in [0.2, 0.25) is 0 Å². The lowest BCUT2D eigenvalue weighted by Crippen LogP contribution is -2.11. The summed E-state index contributed by atoms with van der Waals surface area (Å²) in [5.74, 6) is 1.16. The largest absolute Gasteiger partial charge is 0.489 e. The molecule has 0 aromatic heterocycles. The Morgan fingerprint density at radius 1 is 1.00 bits per heavy atom. The first-order valence-electron chi connectivity index (χ1n) is 9.51. The van der Waals surface area contributed by atoms with Crippen LogP contribution in [0.5, 0.6) is 5.75 Å². The van der Waals surface area contributed by atoms with Gasteiger partial charge in [-0.25, -0.2) is 4.79 Å². The molecule has 0 saturated carbocycles. The zero-order valence-electron chi connectivity index (χ0n) is 16.5. The van der Waals surface area contributed by atoms with Gasteiger partial charge in [-0.1, -0.05) is 36.4 Å². The van der Waals surface area contributed by atoms with E-state index >= 15 is 0 Å². The number of Topliss-reactive ketones (excluding diaryl/α,β-unsaturated/α-hetero) is 1. The summed E-state index contributed by atoms with van der Waals surface area (Å²) in [6, 6.07) is 22.5. The van der Waals surface area contributed by atoms with Gasteiger partial charge in [0.05, 0.1) is 12.7 Å². The molecule has 4 rings (SSSR count). The number of carbonyl (C=O) groups is 2. The Hall–Kier alpha value is -3.31. The highest BCUT2D eigenvalue weighted by Crippen LogP contribution is 2.33. The molecule has 30 heavy (non-hydrogen) atoms. The molecule has 0 fully saturated rings. The molecule has 0 bridgehead atoms. The molecule has 1 heterocycles. The molecule has 0 spiro atoms. The van der Waals surface area contributed by atoms with Gasteiger partial charge in [-0.15, -0.1) is 11.8 Å². The van der Waals surface area contributed by atoms with Crippen molar-refractivity contribution >= 4 is 29.6 Å². The van der Waals surface area contributed by atoms with Crippen molar-refractivity contribution in [1.29, 1.82) is 0 Å². The summed E-state index contributed by atoms with van der Waals surface area (Å²) in [7, 11) is 1.36. The number of rotatable bonds is 5. The van der Waals surface area contributed by atoms with Crippen molar-refractivity contribution in [3.05, 3.63) is 101 Å². The third-order valence-corrected chi connectivity index (χ3v) is 5.93. The number of hydrogen-bond acceptors (Lipinski definition) is 5. The Kier molecular flexibility index (Phi) is 6.00. The molecule has 0 radical (unpaired) electrons. The number of carbonyl (C=O) groups excluding carboxylic acids is 2. The fourth-order valence-electron chi connectivity index (χ4n) is 3.16.